The predicted octanol–water partition coefficient (Wildman–Crippen LogP) is 3.60. The molecule has 3 aromatic rings. The van der Waals surface area contributed by atoms with Gasteiger partial charge in [0.1, 0.15) is 5.71 Å². The van der Waals surface area contributed by atoms with Crippen molar-refractivity contribution in [3.8, 4) is 0 Å². The van der Waals surface area contributed by atoms with Crippen molar-refractivity contribution < 1.29 is 14.6 Å². The Balaban J connectivity index is 1.91. The molecule has 3 rings (SSSR count). The molecule has 0 N–H and O–H groups in total. The Morgan fingerprint density at radius 2 is 1.69 bits per heavy atom. The van der Waals surface area contributed by atoms with Crippen LogP contribution in [0.2, 0.25) is 0 Å². The fourth-order valence-corrected chi connectivity index (χ4v) is 2.26. The summed E-state index contributed by atoms with van der Waals surface area (Å²) in [6, 6.07) is 18.0. The van der Waals surface area contributed by atoms with Crippen LogP contribution in [-0.4, -0.2) is 21.6 Å². The van der Waals surface area contributed by atoms with E-state index in [1.54, 1.807) is 24.5 Å². The molecule has 7 nitrogen and oxygen atoms in total. The van der Waals surface area contributed by atoms with Crippen LogP contribution in [0.4, 0.5) is 5.69 Å². The highest BCUT2D eigenvalue weighted by Gasteiger charge is 2.14. The van der Waals surface area contributed by atoms with Crippen LogP contribution in [-0.2, 0) is 4.84 Å². The Kier molecular flexibility index (Phi) is 5.09. The van der Waals surface area contributed by atoms with Crippen LogP contribution in [0.5, 0.6) is 0 Å². The van der Waals surface area contributed by atoms with Gasteiger partial charge < -0.3 is 4.84 Å². The third kappa shape index (κ3) is 3.96. The molecule has 0 amide bonds. The molecule has 0 aliphatic rings. The highest BCUT2D eigenvalue weighted by Crippen LogP contribution is 2.15. The molecule has 0 radical (unpaired) electrons. The van der Waals surface area contributed by atoms with Crippen LogP contribution < -0.4 is 0 Å². The normalized spacial score (nSPS) is 11.0. The van der Waals surface area contributed by atoms with Crippen LogP contribution in [0.1, 0.15) is 21.5 Å². The molecule has 0 spiro atoms. The maximum absolute atomic E-state index is 12.2. The van der Waals surface area contributed by atoms with Crippen LogP contribution in [0.15, 0.2) is 84.3 Å². The number of carbonyl (C=O) groups excluding carboxylic acids is 1. The smallest absolute Gasteiger partial charge is 0.312 e. The molecular weight excluding hydrogens is 334 g/mol. The Bertz CT molecular complexity index is 915. The van der Waals surface area contributed by atoms with Gasteiger partial charge in [0.2, 0.25) is 0 Å². The summed E-state index contributed by atoms with van der Waals surface area (Å²) in [5.74, 6) is -0.786. The summed E-state index contributed by atoms with van der Waals surface area (Å²) in [7, 11) is 0. The number of hydrogen-bond donors (Lipinski definition) is 0. The number of hydrogen-bond acceptors (Lipinski definition) is 6. The van der Waals surface area contributed by atoms with E-state index in [1.807, 2.05) is 30.3 Å². The average Bonchev–Trinajstić information content (AvgIpc) is 2.69. The Hall–Kier alpha value is -3.87. The van der Waals surface area contributed by atoms with E-state index >= 15 is 0 Å². The van der Waals surface area contributed by atoms with Gasteiger partial charge in [0.25, 0.3) is 5.69 Å². The standard InChI is InChI=1S/C19H13N3O4/c23-19(15-8-4-10-17(12-15)22(24)25)26-21-18(14-6-2-1-3-7-14)16-9-5-11-20-13-16/h1-13H. The topological polar surface area (TPSA) is 94.7 Å². The monoisotopic (exact) mass is 347 g/mol. The van der Waals surface area contributed by atoms with Crippen molar-refractivity contribution >= 4 is 17.4 Å². The number of pyridine rings is 1. The molecule has 0 aliphatic heterocycles. The summed E-state index contributed by atoms with van der Waals surface area (Å²) < 4.78 is 0. The number of oxime groups is 1. The van der Waals surface area contributed by atoms with Crippen molar-refractivity contribution in [3.63, 3.8) is 0 Å². The van der Waals surface area contributed by atoms with Gasteiger partial charge in [-0.05, 0) is 18.2 Å². The van der Waals surface area contributed by atoms with E-state index < -0.39 is 10.9 Å². The molecule has 1 heterocycles. The zero-order valence-electron chi connectivity index (χ0n) is 13.5. The van der Waals surface area contributed by atoms with E-state index in [0.717, 1.165) is 11.6 Å². The first-order valence-corrected chi connectivity index (χ1v) is 7.65. The zero-order valence-corrected chi connectivity index (χ0v) is 13.5. The minimum Gasteiger partial charge on any atom is -0.312 e. The van der Waals surface area contributed by atoms with Gasteiger partial charge in [-0.2, -0.15) is 0 Å². The number of non-ortho nitro benzene ring substituents is 1. The number of nitro benzene ring substituents is 1. The molecule has 0 saturated heterocycles. The predicted molar refractivity (Wildman–Crippen MR) is 94.8 cm³/mol. The van der Waals surface area contributed by atoms with Crippen molar-refractivity contribution in [2.45, 2.75) is 0 Å². The molecule has 0 atom stereocenters. The molecule has 2 aromatic carbocycles. The second-order valence-corrected chi connectivity index (χ2v) is 5.23. The van der Waals surface area contributed by atoms with Gasteiger partial charge in [-0.1, -0.05) is 41.6 Å². The lowest BCUT2D eigenvalue weighted by atomic mass is 10.0. The van der Waals surface area contributed by atoms with E-state index in [1.165, 1.54) is 18.2 Å². The summed E-state index contributed by atoms with van der Waals surface area (Å²) in [6.07, 6.45) is 3.23. The minimum absolute atomic E-state index is 0.0431. The molecular formula is C19H13N3O4. The maximum Gasteiger partial charge on any atom is 0.366 e. The number of carbonyl (C=O) groups is 1. The van der Waals surface area contributed by atoms with Crippen LogP contribution in [0.25, 0.3) is 0 Å². The Labute approximate surface area is 148 Å². The highest BCUT2D eigenvalue weighted by atomic mass is 16.7. The van der Waals surface area contributed by atoms with Crippen molar-refractivity contribution in [2.24, 2.45) is 5.16 Å². The van der Waals surface area contributed by atoms with Crippen molar-refractivity contribution in [2.75, 3.05) is 0 Å². The molecule has 0 aliphatic carbocycles. The van der Waals surface area contributed by atoms with E-state index in [9.17, 15) is 14.9 Å². The summed E-state index contributed by atoms with van der Waals surface area (Å²) in [5.41, 5.74) is 1.69. The van der Waals surface area contributed by atoms with Crippen molar-refractivity contribution in [1.29, 1.82) is 0 Å². The van der Waals surface area contributed by atoms with Crippen LogP contribution >= 0.6 is 0 Å². The van der Waals surface area contributed by atoms with Gasteiger partial charge in [0.05, 0.1) is 10.5 Å². The highest BCUT2D eigenvalue weighted by molar-refractivity contribution is 6.12. The third-order valence-electron chi connectivity index (χ3n) is 3.49. The van der Waals surface area contributed by atoms with Crippen molar-refractivity contribution in [1.82, 2.24) is 4.98 Å². The molecule has 128 valence electrons. The molecule has 0 saturated carbocycles. The van der Waals surface area contributed by atoms with Gasteiger partial charge in [-0.3, -0.25) is 15.1 Å². The second kappa shape index (κ2) is 7.80. The van der Waals surface area contributed by atoms with Gasteiger partial charge in [-0.25, -0.2) is 4.79 Å². The van der Waals surface area contributed by atoms with Gasteiger partial charge in [-0.15, -0.1) is 0 Å². The first-order chi connectivity index (χ1) is 12.6. The largest absolute Gasteiger partial charge is 0.366 e. The molecule has 0 bridgehead atoms. The van der Waals surface area contributed by atoms with E-state index in [-0.39, 0.29) is 11.3 Å². The van der Waals surface area contributed by atoms with Crippen LogP contribution in [0, 0.1) is 10.1 Å². The van der Waals surface area contributed by atoms with E-state index in [4.69, 9.17) is 4.84 Å². The summed E-state index contributed by atoms with van der Waals surface area (Å²) in [5, 5.41) is 14.8. The second-order valence-electron chi connectivity index (χ2n) is 5.23. The number of nitrogens with zero attached hydrogens (tertiary/aromatic N) is 3. The van der Waals surface area contributed by atoms with Crippen molar-refractivity contribution in [3.05, 3.63) is 106 Å². The lowest BCUT2D eigenvalue weighted by Crippen LogP contribution is -2.08. The van der Waals surface area contributed by atoms with E-state index in [0.29, 0.717) is 11.3 Å². The van der Waals surface area contributed by atoms with Crippen LogP contribution in [0.3, 0.4) is 0 Å². The fraction of sp³-hybridized carbons (Fsp3) is 0. The lowest BCUT2D eigenvalue weighted by Gasteiger charge is -2.06. The Morgan fingerprint density at radius 3 is 2.38 bits per heavy atom. The SMILES string of the molecule is O=C(ON=C(c1ccccc1)c1cccnc1)c1cccc([N+](=O)[O-])c1. The minimum atomic E-state index is -0.786. The summed E-state index contributed by atoms with van der Waals surface area (Å²) in [6.45, 7) is 0. The molecule has 0 fully saturated rings. The first kappa shape index (κ1) is 17.0. The quantitative estimate of drug-likeness (QED) is 0.304. The summed E-state index contributed by atoms with van der Waals surface area (Å²) in [4.78, 5) is 31.6. The third-order valence-corrected chi connectivity index (χ3v) is 3.49. The summed E-state index contributed by atoms with van der Waals surface area (Å²) >= 11 is 0. The van der Waals surface area contributed by atoms with Gasteiger partial charge in [0.15, 0.2) is 0 Å². The number of aromatic nitrogens is 1. The maximum atomic E-state index is 12.2. The number of nitro groups is 1. The zero-order chi connectivity index (χ0) is 18.4. The van der Waals surface area contributed by atoms with Gasteiger partial charge in [0, 0.05) is 35.7 Å². The molecule has 7 heteroatoms. The first-order valence-electron chi connectivity index (χ1n) is 7.65. The Morgan fingerprint density at radius 1 is 0.962 bits per heavy atom. The number of rotatable bonds is 5. The molecule has 26 heavy (non-hydrogen) atoms. The lowest BCUT2D eigenvalue weighted by molar-refractivity contribution is -0.384. The van der Waals surface area contributed by atoms with E-state index in [2.05, 4.69) is 10.1 Å². The number of benzene rings is 2. The molecule has 1 aromatic heterocycles. The fourth-order valence-electron chi connectivity index (χ4n) is 2.26. The molecule has 0 unspecified atom stereocenters. The van der Waals surface area contributed by atoms with Gasteiger partial charge >= 0.3 is 5.97 Å². The average molecular weight is 347 g/mol.